The van der Waals surface area contributed by atoms with Gasteiger partial charge in [0.15, 0.2) is 9.84 Å². The van der Waals surface area contributed by atoms with Gasteiger partial charge >= 0.3 is 12.0 Å². The van der Waals surface area contributed by atoms with E-state index in [0.29, 0.717) is 6.42 Å². The molecule has 40 heavy (non-hydrogen) atoms. The molecule has 3 amide bonds. The molecule has 0 aliphatic heterocycles. The second-order valence-electron chi connectivity index (χ2n) is 9.40. The number of ether oxygens (including phenoxy) is 1. The van der Waals surface area contributed by atoms with Crippen LogP contribution in [0.1, 0.15) is 43.2 Å². The predicted molar refractivity (Wildman–Crippen MR) is 153 cm³/mol. The number of urea groups is 1. The summed E-state index contributed by atoms with van der Waals surface area (Å²) in [5.74, 6) is -1.52. The molecule has 0 aromatic heterocycles. The van der Waals surface area contributed by atoms with E-state index in [1.54, 1.807) is 37.3 Å². The van der Waals surface area contributed by atoms with E-state index in [2.05, 4.69) is 10.1 Å². The molecule has 3 rings (SSSR count). The number of sulfone groups is 1. The summed E-state index contributed by atoms with van der Waals surface area (Å²) in [4.78, 5) is 39.1. The van der Waals surface area contributed by atoms with Crippen molar-refractivity contribution in [2.45, 2.75) is 49.5 Å². The maximum absolute atomic E-state index is 13.5. The van der Waals surface area contributed by atoms with Crippen molar-refractivity contribution in [1.82, 2.24) is 10.2 Å². The molecule has 0 aliphatic rings. The number of esters is 1. The summed E-state index contributed by atoms with van der Waals surface area (Å²) in [7, 11) is -2.39. The number of hydrogen-bond donors (Lipinski definition) is 1. The molecule has 0 bridgehead atoms. The molecule has 1 N–H and O–H groups in total. The number of methoxy groups -OCH3 is 1. The number of carbonyl (C=O) groups excluding carboxylic acids is 3. The summed E-state index contributed by atoms with van der Waals surface area (Å²) in [5, 5.41) is 2.98. The van der Waals surface area contributed by atoms with Gasteiger partial charge in [0.2, 0.25) is 5.91 Å². The van der Waals surface area contributed by atoms with Gasteiger partial charge in [-0.05, 0) is 43.0 Å². The van der Waals surface area contributed by atoms with Gasteiger partial charge in [0.1, 0.15) is 0 Å². The molecule has 3 aromatic carbocycles. The summed E-state index contributed by atoms with van der Waals surface area (Å²) in [6.45, 7) is 1.76. The van der Waals surface area contributed by atoms with Crippen LogP contribution in [0.2, 0.25) is 0 Å². The molecule has 0 saturated heterocycles. The Hall–Kier alpha value is -3.98. The molecule has 2 atom stereocenters. The summed E-state index contributed by atoms with van der Waals surface area (Å²) in [5.41, 5.74) is 1.97. The molecule has 9 heteroatoms. The number of nitrogens with zero attached hydrogens (tertiary/aromatic N) is 1. The van der Waals surface area contributed by atoms with Gasteiger partial charge in [-0.2, -0.15) is 0 Å². The summed E-state index contributed by atoms with van der Waals surface area (Å²) in [6, 6.07) is 26.4. The van der Waals surface area contributed by atoms with E-state index in [1.165, 1.54) is 7.11 Å². The van der Waals surface area contributed by atoms with E-state index >= 15 is 0 Å². The van der Waals surface area contributed by atoms with Gasteiger partial charge in [0, 0.05) is 24.9 Å². The molecular weight excluding hydrogens is 528 g/mol. The first-order valence-electron chi connectivity index (χ1n) is 13.3. The Labute approximate surface area is 236 Å². The van der Waals surface area contributed by atoms with Crippen molar-refractivity contribution in [1.29, 1.82) is 0 Å². The highest BCUT2D eigenvalue weighted by Crippen LogP contribution is 2.28. The summed E-state index contributed by atoms with van der Waals surface area (Å²) in [6.07, 6.45) is 0.360. The molecule has 0 saturated carbocycles. The zero-order valence-electron chi connectivity index (χ0n) is 22.9. The van der Waals surface area contributed by atoms with Gasteiger partial charge in [-0.1, -0.05) is 78.9 Å². The van der Waals surface area contributed by atoms with Gasteiger partial charge in [-0.15, -0.1) is 0 Å². The van der Waals surface area contributed by atoms with Crippen LogP contribution < -0.4 is 5.32 Å². The van der Waals surface area contributed by atoms with Crippen LogP contribution in [0.25, 0.3) is 0 Å². The van der Waals surface area contributed by atoms with Gasteiger partial charge in [-0.3, -0.25) is 14.5 Å². The first-order valence-corrected chi connectivity index (χ1v) is 14.9. The van der Waals surface area contributed by atoms with Crippen LogP contribution in [0.4, 0.5) is 4.79 Å². The first-order chi connectivity index (χ1) is 19.2. The second-order valence-corrected chi connectivity index (χ2v) is 11.5. The van der Waals surface area contributed by atoms with E-state index in [-0.39, 0.29) is 42.4 Å². The SMILES string of the molecule is CCN(C(=O)CCC(=O)OC)C(=O)N[C@@H](CCS(=O)(=O)c1ccccc1)C(Cc1ccccc1)c1ccccc1. The van der Waals surface area contributed by atoms with Gasteiger partial charge in [0.05, 0.1) is 24.2 Å². The summed E-state index contributed by atoms with van der Waals surface area (Å²) >= 11 is 0. The van der Waals surface area contributed by atoms with E-state index in [4.69, 9.17) is 0 Å². The summed E-state index contributed by atoms with van der Waals surface area (Å²) < 4.78 is 31.0. The topological polar surface area (TPSA) is 110 Å². The molecule has 212 valence electrons. The zero-order valence-corrected chi connectivity index (χ0v) is 23.7. The molecule has 0 spiro atoms. The van der Waals surface area contributed by atoms with Crippen molar-refractivity contribution in [3.8, 4) is 0 Å². The maximum Gasteiger partial charge on any atom is 0.324 e. The fourth-order valence-electron chi connectivity index (χ4n) is 4.58. The Morgan fingerprint density at radius 2 is 1.43 bits per heavy atom. The van der Waals surface area contributed by atoms with Crippen LogP contribution in [-0.4, -0.2) is 56.7 Å². The van der Waals surface area contributed by atoms with E-state index < -0.39 is 33.8 Å². The minimum atomic E-state index is -3.63. The third-order valence-corrected chi connectivity index (χ3v) is 8.52. The molecular formula is C31H36N2O6S. The molecule has 0 heterocycles. The van der Waals surface area contributed by atoms with Crippen molar-refractivity contribution in [3.05, 3.63) is 102 Å². The molecule has 8 nitrogen and oxygen atoms in total. The van der Waals surface area contributed by atoms with Crippen molar-refractivity contribution in [2.24, 2.45) is 0 Å². The Morgan fingerprint density at radius 3 is 2.00 bits per heavy atom. The molecule has 0 radical (unpaired) electrons. The fraction of sp³-hybridized carbons (Fsp3) is 0.323. The van der Waals surface area contributed by atoms with Crippen LogP contribution in [0, 0.1) is 0 Å². The van der Waals surface area contributed by atoms with Crippen LogP contribution in [-0.2, 0) is 30.6 Å². The normalized spacial score (nSPS) is 12.7. The first kappa shape index (κ1) is 30.6. The van der Waals surface area contributed by atoms with Crippen molar-refractivity contribution < 1.29 is 27.5 Å². The smallest absolute Gasteiger partial charge is 0.324 e. The van der Waals surface area contributed by atoms with E-state index in [9.17, 15) is 22.8 Å². The lowest BCUT2D eigenvalue weighted by atomic mass is 9.84. The fourth-order valence-corrected chi connectivity index (χ4v) is 5.95. The minimum absolute atomic E-state index is 0.0928. The third-order valence-electron chi connectivity index (χ3n) is 6.75. The van der Waals surface area contributed by atoms with Crippen molar-refractivity contribution in [2.75, 3.05) is 19.4 Å². The number of nitrogens with one attached hydrogen (secondary N) is 1. The van der Waals surface area contributed by atoms with Gasteiger partial charge in [-0.25, -0.2) is 13.2 Å². The highest BCUT2D eigenvalue weighted by molar-refractivity contribution is 7.91. The highest BCUT2D eigenvalue weighted by Gasteiger charge is 2.30. The molecule has 3 aromatic rings. The Bertz CT molecular complexity index is 1350. The van der Waals surface area contributed by atoms with Crippen LogP contribution in [0.5, 0.6) is 0 Å². The Balaban J connectivity index is 1.92. The van der Waals surface area contributed by atoms with E-state index in [1.807, 2.05) is 60.7 Å². The van der Waals surface area contributed by atoms with Crippen molar-refractivity contribution in [3.63, 3.8) is 0 Å². The lowest BCUT2D eigenvalue weighted by Gasteiger charge is -2.31. The molecule has 0 fully saturated rings. The van der Waals surface area contributed by atoms with Crippen LogP contribution >= 0.6 is 0 Å². The minimum Gasteiger partial charge on any atom is -0.469 e. The molecule has 1 unspecified atom stereocenters. The number of hydrogen-bond acceptors (Lipinski definition) is 6. The number of rotatable bonds is 13. The van der Waals surface area contributed by atoms with Gasteiger partial charge < -0.3 is 10.1 Å². The Kier molecular flexibility index (Phi) is 11.4. The third kappa shape index (κ3) is 8.77. The number of imide groups is 1. The average molecular weight is 565 g/mol. The number of carbonyl (C=O) groups is 3. The predicted octanol–water partition coefficient (Wildman–Crippen LogP) is 4.76. The number of benzene rings is 3. The highest BCUT2D eigenvalue weighted by atomic mass is 32.2. The zero-order chi connectivity index (χ0) is 29.0. The lowest BCUT2D eigenvalue weighted by Crippen LogP contribution is -2.50. The van der Waals surface area contributed by atoms with Crippen LogP contribution in [0.3, 0.4) is 0 Å². The number of amides is 3. The maximum atomic E-state index is 13.5. The quantitative estimate of drug-likeness (QED) is 0.300. The Morgan fingerprint density at radius 1 is 0.850 bits per heavy atom. The largest absolute Gasteiger partial charge is 0.469 e. The second kappa shape index (κ2) is 15.0. The standard InChI is InChI=1S/C31H36N2O6S/c1-3-33(29(34)19-20-30(35)39-2)31(36)32-28(21-22-40(37,38)26-17-11-6-12-18-26)27(25-15-9-5-10-16-25)23-24-13-7-4-8-14-24/h4-18,27-28H,3,19-23H2,1-2H3,(H,32,36)/t27?,28-/m0/s1. The van der Waals surface area contributed by atoms with Crippen LogP contribution in [0.15, 0.2) is 95.9 Å². The molecule has 0 aliphatic carbocycles. The van der Waals surface area contributed by atoms with E-state index in [0.717, 1.165) is 16.0 Å². The lowest BCUT2D eigenvalue weighted by molar-refractivity contribution is -0.143. The van der Waals surface area contributed by atoms with Crippen molar-refractivity contribution >= 4 is 27.7 Å². The van der Waals surface area contributed by atoms with Gasteiger partial charge in [0.25, 0.3) is 0 Å². The monoisotopic (exact) mass is 564 g/mol. The average Bonchev–Trinajstić information content (AvgIpc) is 2.98.